The molecule has 8 heteroatoms. The maximum absolute atomic E-state index is 13.2. The highest BCUT2D eigenvalue weighted by Crippen LogP contribution is 2.35. The molecule has 1 saturated heterocycles. The second kappa shape index (κ2) is 9.78. The molecule has 1 fully saturated rings. The lowest BCUT2D eigenvalue weighted by Crippen LogP contribution is -2.54. The van der Waals surface area contributed by atoms with Gasteiger partial charge in [0, 0.05) is 0 Å². The molecule has 4 amide bonds. The third-order valence-electron chi connectivity index (χ3n) is 4.62. The Balaban J connectivity index is 2.04. The lowest BCUT2D eigenvalue weighted by Gasteiger charge is -2.28. The first kappa shape index (κ1) is 22.5. The summed E-state index contributed by atoms with van der Waals surface area (Å²) in [5, 5.41) is 2.25. The summed E-state index contributed by atoms with van der Waals surface area (Å²) >= 11 is 2.09. The SMILES string of the molecule is C=CCOc1c(I)cc(/C=C2/C(=O)NC(=O)N(c3ccccc3CC)C2=O)cc1OC. The molecular formula is C23H21IN2O5. The summed E-state index contributed by atoms with van der Waals surface area (Å²) in [7, 11) is 1.50. The van der Waals surface area contributed by atoms with Gasteiger partial charge in [-0.2, -0.15) is 0 Å². The minimum atomic E-state index is -0.770. The van der Waals surface area contributed by atoms with Gasteiger partial charge in [-0.05, 0) is 64.4 Å². The molecule has 0 radical (unpaired) electrons. The molecule has 2 aromatic rings. The van der Waals surface area contributed by atoms with Crippen LogP contribution in [-0.2, 0) is 16.0 Å². The number of ether oxygens (including phenoxy) is 2. The number of hydrogen-bond donors (Lipinski definition) is 1. The normalized spacial score (nSPS) is 15.1. The fourth-order valence-corrected chi connectivity index (χ4v) is 3.96. The van der Waals surface area contributed by atoms with Crippen molar-refractivity contribution in [1.29, 1.82) is 0 Å². The molecule has 7 nitrogen and oxygen atoms in total. The van der Waals surface area contributed by atoms with E-state index in [-0.39, 0.29) is 5.57 Å². The van der Waals surface area contributed by atoms with Crippen molar-refractivity contribution >= 4 is 52.2 Å². The van der Waals surface area contributed by atoms with E-state index in [0.29, 0.717) is 35.8 Å². The number of methoxy groups -OCH3 is 1. The first-order valence-electron chi connectivity index (χ1n) is 9.51. The van der Waals surface area contributed by atoms with Gasteiger partial charge in [-0.3, -0.25) is 14.9 Å². The molecular weight excluding hydrogens is 511 g/mol. The van der Waals surface area contributed by atoms with Gasteiger partial charge in [0.2, 0.25) is 0 Å². The monoisotopic (exact) mass is 532 g/mol. The molecule has 1 N–H and O–H groups in total. The summed E-state index contributed by atoms with van der Waals surface area (Å²) in [6.45, 7) is 5.87. The molecule has 3 rings (SSSR count). The number of nitrogens with zero attached hydrogens (tertiary/aromatic N) is 1. The van der Waals surface area contributed by atoms with E-state index in [0.717, 1.165) is 14.0 Å². The first-order chi connectivity index (χ1) is 14.9. The van der Waals surface area contributed by atoms with Crippen LogP contribution in [0.3, 0.4) is 0 Å². The number of urea groups is 1. The predicted molar refractivity (Wildman–Crippen MR) is 126 cm³/mol. The fourth-order valence-electron chi connectivity index (χ4n) is 3.18. The minimum absolute atomic E-state index is 0.150. The molecule has 31 heavy (non-hydrogen) atoms. The van der Waals surface area contributed by atoms with Crippen molar-refractivity contribution in [2.45, 2.75) is 13.3 Å². The number of barbiturate groups is 1. The van der Waals surface area contributed by atoms with Crippen molar-refractivity contribution in [2.75, 3.05) is 18.6 Å². The Morgan fingerprint density at radius 2 is 1.94 bits per heavy atom. The number of aryl methyl sites for hydroxylation is 1. The topological polar surface area (TPSA) is 84.9 Å². The number of imide groups is 2. The van der Waals surface area contributed by atoms with E-state index in [2.05, 4.69) is 34.5 Å². The van der Waals surface area contributed by atoms with Crippen LogP contribution >= 0.6 is 22.6 Å². The number of carbonyl (C=O) groups excluding carboxylic acids is 3. The average molecular weight is 532 g/mol. The smallest absolute Gasteiger partial charge is 0.335 e. The van der Waals surface area contributed by atoms with E-state index < -0.39 is 17.8 Å². The summed E-state index contributed by atoms with van der Waals surface area (Å²) in [5.41, 5.74) is 1.68. The highest BCUT2D eigenvalue weighted by molar-refractivity contribution is 14.1. The van der Waals surface area contributed by atoms with Gasteiger partial charge in [0.1, 0.15) is 12.2 Å². The van der Waals surface area contributed by atoms with Crippen LogP contribution in [0.2, 0.25) is 0 Å². The van der Waals surface area contributed by atoms with Gasteiger partial charge >= 0.3 is 6.03 Å². The molecule has 160 valence electrons. The molecule has 0 saturated carbocycles. The zero-order valence-corrected chi connectivity index (χ0v) is 19.3. The van der Waals surface area contributed by atoms with Gasteiger partial charge in [0.05, 0.1) is 16.4 Å². The number of carbonyl (C=O) groups is 3. The Labute approximate surface area is 193 Å². The Kier molecular flexibility index (Phi) is 7.11. The van der Waals surface area contributed by atoms with Crippen molar-refractivity contribution in [2.24, 2.45) is 0 Å². The van der Waals surface area contributed by atoms with Crippen molar-refractivity contribution in [3.8, 4) is 11.5 Å². The van der Waals surface area contributed by atoms with Crippen LogP contribution in [0.4, 0.5) is 10.5 Å². The van der Waals surface area contributed by atoms with E-state index in [9.17, 15) is 14.4 Å². The van der Waals surface area contributed by atoms with Gasteiger partial charge in [-0.15, -0.1) is 0 Å². The van der Waals surface area contributed by atoms with Crippen molar-refractivity contribution in [3.63, 3.8) is 0 Å². The highest BCUT2D eigenvalue weighted by Gasteiger charge is 2.37. The van der Waals surface area contributed by atoms with Crippen molar-refractivity contribution in [1.82, 2.24) is 5.32 Å². The number of nitrogens with one attached hydrogen (secondary N) is 1. The van der Waals surface area contributed by atoms with Gasteiger partial charge in [0.15, 0.2) is 11.5 Å². The standard InChI is InChI=1S/C23H21IN2O5/c1-4-10-31-20-17(24)12-14(13-19(20)30-3)11-16-21(27)25-23(29)26(22(16)28)18-9-7-6-8-15(18)5-2/h4,6-9,11-13H,1,5,10H2,2-3H3,(H,25,27,29)/b16-11-. The van der Waals surface area contributed by atoms with Crippen LogP contribution in [0.5, 0.6) is 11.5 Å². The van der Waals surface area contributed by atoms with E-state index in [1.807, 2.05) is 19.1 Å². The molecule has 1 aliphatic rings. The molecule has 0 spiro atoms. The Bertz CT molecular complexity index is 1090. The van der Waals surface area contributed by atoms with Crippen LogP contribution in [0, 0.1) is 3.57 Å². The van der Waals surface area contributed by atoms with Crippen LogP contribution in [0.1, 0.15) is 18.1 Å². The third-order valence-corrected chi connectivity index (χ3v) is 5.42. The Hall–Kier alpha value is -3.14. The molecule has 1 heterocycles. The van der Waals surface area contributed by atoms with Crippen LogP contribution in [-0.4, -0.2) is 31.6 Å². The molecule has 0 aromatic heterocycles. The van der Waals surface area contributed by atoms with E-state index >= 15 is 0 Å². The molecule has 0 aliphatic carbocycles. The Morgan fingerprint density at radius 1 is 1.19 bits per heavy atom. The van der Waals surface area contributed by atoms with Gasteiger partial charge in [0.25, 0.3) is 11.8 Å². The fraction of sp³-hybridized carbons (Fsp3) is 0.174. The molecule has 0 atom stereocenters. The first-order valence-corrected chi connectivity index (χ1v) is 10.6. The van der Waals surface area contributed by atoms with Gasteiger partial charge < -0.3 is 9.47 Å². The number of anilines is 1. The molecule has 0 unspecified atom stereocenters. The lowest BCUT2D eigenvalue weighted by molar-refractivity contribution is -0.122. The highest BCUT2D eigenvalue weighted by atomic mass is 127. The van der Waals surface area contributed by atoms with E-state index in [1.165, 1.54) is 13.2 Å². The van der Waals surface area contributed by atoms with E-state index in [1.54, 1.807) is 30.3 Å². The second-order valence-corrected chi connectivity index (χ2v) is 7.74. The summed E-state index contributed by atoms with van der Waals surface area (Å²) in [6.07, 6.45) is 3.69. The summed E-state index contributed by atoms with van der Waals surface area (Å²) in [5.74, 6) is -0.441. The van der Waals surface area contributed by atoms with Gasteiger partial charge in [-0.25, -0.2) is 9.69 Å². The van der Waals surface area contributed by atoms with Crippen LogP contribution < -0.4 is 19.7 Å². The number of hydrogen-bond acceptors (Lipinski definition) is 5. The summed E-state index contributed by atoms with van der Waals surface area (Å²) < 4.78 is 11.8. The number of halogens is 1. The summed E-state index contributed by atoms with van der Waals surface area (Å²) in [4.78, 5) is 39.1. The number of amides is 4. The minimum Gasteiger partial charge on any atom is -0.493 e. The maximum Gasteiger partial charge on any atom is 0.335 e. The lowest BCUT2D eigenvalue weighted by atomic mass is 10.0. The quantitative estimate of drug-likeness (QED) is 0.251. The number of benzene rings is 2. The number of para-hydroxylation sites is 1. The van der Waals surface area contributed by atoms with Crippen molar-refractivity contribution in [3.05, 3.63) is 69.3 Å². The van der Waals surface area contributed by atoms with E-state index in [4.69, 9.17) is 9.47 Å². The van der Waals surface area contributed by atoms with Crippen LogP contribution in [0.25, 0.3) is 6.08 Å². The molecule has 1 aliphatic heterocycles. The molecule has 2 aromatic carbocycles. The van der Waals surface area contributed by atoms with Crippen LogP contribution in [0.15, 0.2) is 54.6 Å². The number of rotatable bonds is 7. The third kappa shape index (κ3) is 4.63. The van der Waals surface area contributed by atoms with Gasteiger partial charge in [-0.1, -0.05) is 37.8 Å². The Morgan fingerprint density at radius 3 is 2.61 bits per heavy atom. The second-order valence-electron chi connectivity index (χ2n) is 6.57. The largest absolute Gasteiger partial charge is 0.493 e. The zero-order valence-electron chi connectivity index (χ0n) is 17.1. The summed E-state index contributed by atoms with van der Waals surface area (Å²) in [6, 6.07) is 9.75. The average Bonchev–Trinajstić information content (AvgIpc) is 2.75. The van der Waals surface area contributed by atoms with Crippen molar-refractivity contribution < 1.29 is 23.9 Å². The molecule has 0 bridgehead atoms. The maximum atomic E-state index is 13.2. The predicted octanol–water partition coefficient (Wildman–Crippen LogP) is 4.09. The zero-order chi connectivity index (χ0) is 22.5.